The Morgan fingerprint density at radius 1 is 1.02 bits per heavy atom. The smallest absolute Gasteiger partial charge is 0.416 e. The molecule has 0 saturated heterocycles. The van der Waals surface area contributed by atoms with Crippen LogP contribution in [0.3, 0.4) is 0 Å². The molecule has 1 atom stereocenters. The number of hydrogen-bond acceptors (Lipinski definition) is 6. The van der Waals surface area contributed by atoms with Crippen LogP contribution in [0.2, 0.25) is 0 Å². The molecule has 2 heterocycles. The molecule has 0 aliphatic rings. The molecule has 0 fully saturated rings. The molecule has 0 aliphatic heterocycles. The van der Waals surface area contributed by atoms with Crippen LogP contribution in [0.25, 0.3) is 33.3 Å². The van der Waals surface area contributed by atoms with Crippen molar-refractivity contribution < 1.29 is 28.2 Å². The summed E-state index contributed by atoms with van der Waals surface area (Å²) in [7, 11) is 0. The number of nitrogens with one attached hydrogen (secondary N) is 1. The van der Waals surface area contributed by atoms with Gasteiger partial charge < -0.3 is 19.6 Å². The molecule has 9 heteroatoms. The molecule has 0 amide bonds. The summed E-state index contributed by atoms with van der Waals surface area (Å²) in [5.74, 6) is -1.15. The normalized spacial score (nSPS) is 12.4. The standard InChI is InChI=1S/C31H27FN2O6/c1-17(33-23-11-7-6-10-20(23)29(36)40-31(2,3)4)21-14-19(32)15-22-26(35)16-27(39-28(21)22)25-13-18-9-5-8-12-24(18)34(25)30(37)38/h5-17,33H,1-4H3,(H,37,38). The van der Waals surface area contributed by atoms with Gasteiger partial charge in [0.15, 0.2) is 11.2 Å². The number of nitrogens with zero attached hydrogens (tertiary/aromatic N) is 1. The van der Waals surface area contributed by atoms with Gasteiger partial charge in [0.2, 0.25) is 0 Å². The lowest BCUT2D eigenvalue weighted by molar-refractivity contribution is 0.00705. The largest absolute Gasteiger partial charge is 0.464 e. The topological polar surface area (TPSA) is 111 Å². The summed E-state index contributed by atoms with van der Waals surface area (Å²) in [6.45, 7) is 7.05. The van der Waals surface area contributed by atoms with Crippen LogP contribution in [0.1, 0.15) is 49.7 Å². The van der Waals surface area contributed by atoms with Gasteiger partial charge in [-0.2, -0.15) is 0 Å². The van der Waals surface area contributed by atoms with Crippen molar-refractivity contribution in [2.45, 2.75) is 39.3 Å². The molecule has 5 rings (SSSR count). The Labute approximate surface area is 228 Å². The lowest BCUT2D eigenvalue weighted by atomic mass is 10.0. The van der Waals surface area contributed by atoms with Crippen LogP contribution in [-0.4, -0.2) is 27.3 Å². The molecule has 204 valence electrons. The number of hydrogen-bond donors (Lipinski definition) is 2. The Balaban J connectivity index is 1.63. The Morgan fingerprint density at radius 3 is 2.45 bits per heavy atom. The number of para-hydroxylation sites is 2. The van der Waals surface area contributed by atoms with Crippen molar-refractivity contribution in [2.75, 3.05) is 5.32 Å². The quantitative estimate of drug-likeness (QED) is 0.226. The van der Waals surface area contributed by atoms with Crippen molar-refractivity contribution in [1.82, 2.24) is 4.57 Å². The van der Waals surface area contributed by atoms with Crippen LogP contribution in [0, 0.1) is 5.82 Å². The monoisotopic (exact) mass is 542 g/mol. The third kappa shape index (κ3) is 5.05. The van der Waals surface area contributed by atoms with Crippen molar-refractivity contribution in [3.63, 3.8) is 0 Å². The number of anilines is 1. The molecule has 1 unspecified atom stereocenters. The van der Waals surface area contributed by atoms with Crippen LogP contribution >= 0.6 is 0 Å². The number of aromatic nitrogens is 1. The van der Waals surface area contributed by atoms with E-state index in [1.54, 1.807) is 82.3 Å². The van der Waals surface area contributed by atoms with Crippen molar-refractivity contribution >= 4 is 39.6 Å². The predicted molar refractivity (Wildman–Crippen MR) is 150 cm³/mol. The second-order valence-electron chi connectivity index (χ2n) is 10.5. The Kier molecular flexibility index (Phi) is 6.67. The number of carbonyl (C=O) groups is 2. The molecular weight excluding hydrogens is 515 g/mol. The van der Waals surface area contributed by atoms with Crippen molar-refractivity contribution in [3.8, 4) is 11.5 Å². The second-order valence-corrected chi connectivity index (χ2v) is 10.5. The van der Waals surface area contributed by atoms with Gasteiger partial charge in [-0.15, -0.1) is 0 Å². The first kappa shape index (κ1) is 26.7. The number of carboxylic acid groups (broad SMARTS) is 1. The number of benzene rings is 3. The first-order valence-electron chi connectivity index (χ1n) is 12.6. The molecule has 0 bridgehead atoms. The average Bonchev–Trinajstić information content (AvgIpc) is 3.28. The Bertz CT molecular complexity index is 1850. The van der Waals surface area contributed by atoms with Gasteiger partial charge in [-0.25, -0.2) is 18.5 Å². The van der Waals surface area contributed by atoms with Crippen LogP contribution in [0.15, 0.2) is 82.0 Å². The maximum atomic E-state index is 14.7. The summed E-state index contributed by atoms with van der Waals surface area (Å²) in [5, 5.41) is 13.8. The number of carbonyl (C=O) groups excluding carboxylic acids is 1. The molecular formula is C31H27FN2O6. The van der Waals surface area contributed by atoms with Crippen molar-refractivity contribution in [1.29, 1.82) is 0 Å². The third-order valence-corrected chi connectivity index (χ3v) is 6.36. The molecule has 5 aromatic rings. The summed E-state index contributed by atoms with van der Waals surface area (Å²) in [6.07, 6.45) is -1.24. The van der Waals surface area contributed by atoms with Gasteiger partial charge in [0.25, 0.3) is 0 Å². The zero-order chi connectivity index (χ0) is 28.8. The molecule has 3 aromatic carbocycles. The minimum absolute atomic E-state index is 0.00538. The van der Waals surface area contributed by atoms with Crippen molar-refractivity contribution in [2.24, 2.45) is 0 Å². The summed E-state index contributed by atoms with van der Waals surface area (Å²) in [6, 6.07) is 18.2. The predicted octanol–water partition coefficient (Wildman–Crippen LogP) is 7.21. The first-order valence-corrected chi connectivity index (χ1v) is 12.6. The molecule has 0 saturated carbocycles. The summed E-state index contributed by atoms with van der Waals surface area (Å²) >= 11 is 0. The molecule has 0 radical (unpaired) electrons. The van der Waals surface area contributed by atoms with Crippen LogP contribution < -0.4 is 10.7 Å². The number of ether oxygens (including phenoxy) is 1. The zero-order valence-corrected chi connectivity index (χ0v) is 22.3. The molecule has 8 nitrogen and oxygen atoms in total. The highest BCUT2D eigenvalue weighted by molar-refractivity contribution is 5.97. The number of halogens is 1. The second kappa shape index (κ2) is 10.00. The van der Waals surface area contributed by atoms with Gasteiger partial charge in [-0.1, -0.05) is 30.3 Å². The number of fused-ring (bicyclic) bond motifs is 2. The van der Waals surface area contributed by atoms with E-state index < -0.39 is 35.0 Å². The van der Waals surface area contributed by atoms with Gasteiger partial charge in [0.1, 0.15) is 17.0 Å². The highest BCUT2D eigenvalue weighted by atomic mass is 19.1. The number of esters is 1. The molecule has 0 spiro atoms. The lowest BCUT2D eigenvalue weighted by Crippen LogP contribution is -2.24. The van der Waals surface area contributed by atoms with E-state index in [-0.39, 0.29) is 28.0 Å². The van der Waals surface area contributed by atoms with Gasteiger partial charge in [0, 0.05) is 22.7 Å². The highest BCUT2D eigenvalue weighted by Gasteiger charge is 2.24. The fraction of sp³-hybridized carbons (Fsp3) is 0.194. The fourth-order valence-electron chi connectivity index (χ4n) is 4.67. The van der Waals surface area contributed by atoms with E-state index in [1.807, 2.05) is 0 Å². The van der Waals surface area contributed by atoms with Crippen LogP contribution in [0.4, 0.5) is 14.9 Å². The Hall–Kier alpha value is -4.92. The third-order valence-electron chi connectivity index (χ3n) is 6.36. The summed E-state index contributed by atoms with van der Waals surface area (Å²) in [4.78, 5) is 38.2. The number of rotatable bonds is 5. The van der Waals surface area contributed by atoms with E-state index in [0.29, 0.717) is 22.2 Å². The average molecular weight is 543 g/mol. The minimum Gasteiger partial charge on any atom is -0.464 e. The zero-order valence-electron chi connectivity index (χ0n) is 22.3. The van der Waals surface area contributed by atoms with E-state index in [4.69, 9.17) is 9.15 Å². The molecule has 2 aromatic heterocycles. The van der Waals surface area contributed by atoms with Gasteiger partial charge in [0.05, 0.1) is 28.2 Å². The van der Waals surface area contributed by atoms with E-state index in [9.17, 15) is 23.9 Å². The van der Waals surface area contributed by atoms with Crippen molar-refractivity contribution in [3.05, 3.63) is 100.0 Å². The van der Waals surface area contributed by atoms with E-state index >= 15 is 0 Å². The lowest BCUT2D eigenvalue weighted by Gasteiger charge is -2.22. The van der Waals surface area contributed by atoms with Gasteiger partial charge >= 0.3 is 12.1 Å². The van der Waals surface area contributed by atoms with Gasteiger partial charge in [-0.05, 0) is 64.1 Å². The molecule has 0 aliphatic carbocycles. The highest BCUT2D eigenvalue weighted by Crippen LogP contribution is 2.33. The van der Waals surface area contributed by atoms with Crippen LogP contribution in [0.5, 0.6) is 0 Å². The molecule has 2 N–H and O–H groups in total. The van der Waals surface area contributed by atoms with E-state index in [2.05, 4.69) is 5.32 Å². The van der Waals surface area contributed by atoms with Gasteiger partial charge in [-0.3, -0.25) is 4.79 Å². The summed E-state index contributed by atoms with van der Waals surface area (Å²) in [5.41, 5.74) is 0.517. The maximum Gasteiger partial charge on any atom is 0.416 e. The minimum atomic E-state index is -1.24. The summed E-state index contributed by atoms with van der Waals surface area (Å²) < 4.78 is 27.5. The Morgan fingerprint density at radius 2 is 1.73 bits per heavy atom. The fourth-order valence-corrected chi connectivity index (χ4v) is 4.67. The SMILES string of the molecule is CC(Nc1ccccc1C(=O)OC(C)(C)C)c1cc(F)cc2c(=O)cc(-c3cc4ccccc4n3C(=O)O)oc12. The van der Waals surface area contributed by atoms with E-state index in [1.165, 1.54) is 6.07 Å². The maximum absolute atomic E-state index is 14.7. The van der Waals surface area contributed by atoms with Crippen LogP contribution in [-0.2, 0) is 4.74 Å². The van der Waals surface area contributed by atoms with E-state index in [0.717, 1.165) is 16.7 Å². The first-order chi connectivity index (χ1) is 18.9. The molecule has 40 heavy (non-hydrogen) atoms.